The van der Waals surface area contributed by atoms with Gasteiger partial charge in [-0.15, -0.1) is 0 Å². The molecule has 1 aromatic heterocycles. The van der Waals surface area contributed by atoms with Crippen molar-refractivity contribution >= 4 is 17.5 Å². The summed E-state index contributed by atoms with van der Waals surface area (Å²) in [7, 11) is 0. The van der Waals surface area contributed by atoms with E-state index in [4.69, 9.17) is 21.6 Å². The number of halogens is 2. The summed E-state index contributed by atoms with van der Waals surface area (Å²) in [6.45, 7) is 2.64. The molecule has 0 aliphatic carbocycles. The number of hydrogen-bond acceptors (Lipinski definition) is 6. The van der Waals surface area contributed by atoms with Crippen LogP contribution in [0, 0.1) is 17.1 Å². The Morgan fingerprint density at radius 2 is 2.19 bits per heavy atom. The van der Waals surface area contributed by atoms with Gasteiger partial charge in [0.2, 0.25) is 11.2 Å². The fourth-order valence-electron chi connectivity index (χ4n) is 1.49. The van der Waals surface area contributed by atoms with E-state index in [1.807, 2.05) is 6.92 Å². The minimum Gasteiger partial charge on any atom is -0.423 e. The highest BCUT2D eigenvalue weighted by atomic mass is 35.5. The molecule has 0 atom stereocenters. The molecule has 0 aliphatic heterocycles. The van der Waals surface area contributed by atoms with Gasteiger partial charge < -0.3 is 10.1 Å². The summed E-state index contributed by atoms with van der Waals surface area (Å²) in [5, 5.41) is 11.8. The van der Waals surface area contributed by atoms with Gasteiger partial charge in [0.15, 0.2) is 5.75 Å². The Bertz CT molecular complexity index is 689. The average molecular weight is 308 g/mol. The topological polar surface area (TPSA) is 83.7 Å². The van der Waals surface area contributed by atoms with Crippen LogP contribution < -0.4 is 10.1 Å². The van der Waals surface area contributed by atoms with E-state index >= 15 is 0 Å². The molecule has 1 N–H and O–H groups in total. The quantitative estimate of drug-likeness (QED) is 0.913. The molecule has 0 fully saturated rings. The van der Waals surface area contributed by atoms with Crippen molar-refractivity contribution in [1.82, 2.24) is 15.0 Å². The van der Waals surface area contributed by atoms with Crippen molar-refractivity contribution in [2.24, 2.45) is 0 Å². The average Bonchev–Trinajstić information content (AvgIpc) is 2.45. The number of hydrogen-bond donors (Lipinski definition) is 1. The van der Waals surface area contributed by atoms with Crippen LogP contribution in [0.2, 0.25) is 5.28 Å². The number of anilines is 1. The monoisotopic (exact) mass is 307 g/mol. The summed E-state index contributed by atoms with van der Waals surface area (Å²) in [5.41, 5.74) is -0.225. The van der Waals surface area contributed by atoms with Crippen molar-refractivity contribution in [1.29, 1.82) is 5.26 Å². The van der Waals surface area contributed by atoms with Gasteiger partial charge in [0.05, 0.1) is 0 Å². The van der Waals surface area contributed by atoms with Crippen molar-refractivity contribution < 1.29 is 9.13 Å². The molecule has 0 amide bonds. The van der Waals surface area contributed by atoms with Crippen molar-refractivity contribution in [2.75, 3.05) is 11.9 Å². The minimum atomic E-state index is -0.681. The van der Waals surface area contributed by atoms with Gasteiger partial charge in [0.25, 0.3) is 0 Å². The number of nitriles is 1. The number of rotatable bonds is 5. The van der Waals surface area contributed by atoms with Crippen LogP contribution in [0.4, 0.5) is 10.3 Å². The molecule has 2 aromatic rings. The zero-order chi connectivity index (χ0) is 15.2. The first kappa shape index (κ1) is 14.9. The van der Waals surface area contributed by atoms with Crippen LogP contribution in [0.15, 0.2) is 18.2 Å². The van der Waals surface area contributed by atoms with Crippen LogP contribution in [0.25, 0.3) is 0 Å². The standard InChI is InChI=1S/C13H11ClFN5O/c1-2-6-17-12-18-11(14)19-13(20-12)21-10-5-3-4-9(15)8(10)7-16/h3-5H,2,6H2,1H3,(H,17,18,19,20). The Hall–Kier alpha value is -2.46. The van der Waals surface area contributed by atoms with Crippen LogP contribution in [0.1, 0.15) is 18.9 Å². The molecule has 0 aliphatic rings. The van der Waals surface area contributed by atoms with Crippen LogP contribution >= 0.6 is 11.6 Å². The molecule has 21 heavy (non-hydrogen) atoms. The lowest BCUT2D eigenvalue weighted by Crippen LogP contribution is -2.06. The lowest BCUT2D eigenvalue weighted by atomic mass is 10.2. The highest BCUT2D eigenvalue weighted by molar-refractivity contribution is 6.28. The Morgan fingerprint density at radius 3 is 2.90 bits per heavy atom. The van der Waals surface area contributed by atoms with Gasteiger partial charge in [-0.2, -0.15) is 20.2 Å². The second-order valence-corrected chi connectivity index (χ2v) is 4.30. The predicted molar refractivity (Wildman–Crippen MR) is 74.8 cm³/mol. The maximum absolute atomic E-state index is 13.5. The van der Waals surface area contributed by atoms with E-state index in [-0.39, 0.29) is 28.6 Å². The van der Waals surface area contributed by atoms with Gasteiger partial charge >= 0.3 is 6.01 Å². The summed E-state index contributed by atoms with van der Waals surface area (Å²) >= 11 is 5.78. The van der Waals surface area contributed by atoms with E-state index in [0.29, 0.717) is 6.54 Å². The molecule has 0 unspecified atom stereocenters. The summed E-state index contributed by atoms with van der Waals surface area (Å²) in [5.74, 6) is -0.414. The maximum Gasteiger partial charge on any atom is 0.328 e. The van der Waals surface area contributed by atoms with E-state index in [9.17, 15) is 4.39 Å². The normalized spacial score (nSPS) is 10.0. The second kappa shape index (κ2) is 6.81. The summed E-state index contributed by atoms with van der Waals surface area (Å²) in [6, 6.07) is 5.64. The highest BCUT2D eigenvalue weighted by Gasteiger charge is 2.13. The molecule has 0 saturated carbocycles. The molecule has 6 nitrogen and oxygen atoms in total. The number of nitrogens with zero attached hydrogens (tertiary/aromatic N) is 4. The van der Waals surface area contributed by atoms with Crippen molar-refractivity contribution in [3.05, 3.63) is 34.9 Å². The van der Waals surface area contributed by atoms with E-state index in [1.165, 1.54) is 18.2 Å². The Labute approximate surface area is 125 Å². The Morgan fingerprint density at radius 1 is 1.38 bits per heavy atom. The third kappa shape index (κ3) is 3.77. The van der Waals surface area contributed by atoms with Crippen LogP contribution in [0.5, 0.6) is 11.8 Å². The van der Waals surface area contributed by atoms with E-state index in [1.54, 1.807) is 6.07 Å². The molecular weight excluding hydrogens is 297 g/mol. The van der Waals surface area contributed by atoms with Gasteiger partial charge in [-0.05, 0) is 30.2 Å². The van der Waals surface area contributed by atoms with Gasteiger partial charge in [-0.1, -0.05) is 13.0 Å². The first-order valence-electron chi connectivity index (χ1n) is 6.16. The minimum absolute atomic E-state index is 0.0150. The molecule has 0 saturated heterocycles. The van der Waals surface area contributed by atoms with E-state index in [0.717, 1.165) is 6.42 Å². The maximum atomic E-state index is 13.5. The lowest BCUT2D eigenvalue weighted by Gasteiger charge is -2.08. The zero-order valence-electron chi connectivity index (χ0n) is 11.1. The van der Waals surface area contributed by atoms with Crippen LogP contribution in [-0.2, 0) is 0 Å². The first-order valence-corrected chi connectivity index (χ1v) is 6.53. The van der Waals surface area contributed by atoms with Gasteiger partial charge in [0.1, 0.15) is 17.4 Å². The molecule has 1 heterocycles. The van der Waals surface area contributed by atoms with Crippen molar-refractivity contribution in [3.8, 4) is 17.8 Å². The molecule has 1 aromatic carbocycles. The molecule has 108 valence electrons. The number of nitrogens with one attached hydrogen (secondary N) is 1. The van der Waals surface area contributed by atoms with Crippen molar-refractivity contribution in [3.63, 3.8) is 0 Å². The number of benzene rings is 1. The first-order chi connectivity index (χ1) is 10.1. The molecule has 0 bridgehead atoms. The smallest absolute Gasteiger partial charge is 0.328 e. The summed E-state index contributed by atoms with van der Waals surface area (Å²) in [6.07, 6.45) is 0.877. The summed E-state index contributed by atoms with van der Waals surface area (Å²) in [4.78, 5) is 11.7. The fourth-order valence-corrected chi connectivity index (χ4v) is 1.64. The van der Waals surface area contributed by atoms with Crippen LogP contribution in [0.3, 0.4) is 0 Å². The Balaban J connectivity index is 2.30. The zero-order valence-corrected chi connectivity index (χ0v) is 11.9. The molecular formula is C13H11ClFN5O. The van der Waals surface area contributed by atoms with E-state index in [2.05, 4.69) is 20.3 Å². The van der Waals surface area contributed by atoms with Gasteiger partial charge in [-0.3, -0.25) is 0 Å². The van der Waals surface area contributed by atoms with Crippen molar-refractivity contribution in [2.45, 2.75) is 13.3 Å². The molecule has 2 rings (SSSR count). The third-order valence-electron chi connectivity index (χ3n) is 2.41. The predicted octanol–water partition coefficient (Wildman–Crippen LogP) is 3.15. The van der Waals surface area contributed by atoms with E-state index < -0.39 is 5.82 Å². The molecule has 0 spiro atoms. The van der Waals surface area contributed by atoms with Crippen LogP contribution in [-0.4, -0.2) is 21.5 Å². The fraction of sp³-hybridized carbons (Fsp3) is 0.231. The SMILES string of the molecule is CCCNc1nc(Cl)nc(Oc2cccc(F)c2C#N)n1. The lowest BCUT2D eigenvalue weighted by molar-refractivity contribution is 0.434. The third-order valence-corrected chi connectivity index (χ3v) is 2.58. The molecule has 8 heteroatoms. The Kier molecular flexibility index (Phi) is 4.85. The summed E-state index contributed by atoms with van der Waals surface area (Å²) < 4.78 is 18.8. The van der Waals surface area contributed by atoms with Gasteiger partial charge in [0, 0.05) is 6.54 Å². The number of aromatic nitrogens is 3. The van der Waals surface area contributed by atoms with Gasteiger partial charge in [-0.25, -0.2) is 4.39 Å². The number of ether oxygens (including phenoxy) is 1. The molecule has 0 radical (unpaired) electrons. The largest absolute Gasteiger partial charge is 0.423 e. The highest BCUT2D eigenvalue weighted by Crippen LogP contribution is 2.25. The second-order valence-electron chi connectivity index (χ2n) is 3.96.